The number of alkyl halides is 2. The lowest BCUT2D eigenvalue weighted by atomic mass is 9.56. The predicted molar refractivity (Wildman–Crippen MR) is 176 cm³/mol. The van der Waals surface area contributed by atoms with Crippen molar-refractivity contribution in [2.75, 3.05) is 12.0 Å². The Labute approximate surface area is 303 Å². The molecule has 0 aromatic heterocycles. The van der Waals surface area contributed by atoms with Crippen LogP contribution in [0, 0.1) is 50.4 Å². The fourth-order valence-corrected chi connectivity index (χ4v) is 9.40. The largest absolute Gasteiger partial charge is 0.504 e. The van der Waals surface area contributed by atoms with Crippen LogP contribution in [0.3, 0.4) is 0 Å². The fourth-order valence-electron chi connectivity index (χ4n) is 7.84. The number of hydrogen-bond donors (Lipinski definition) is 1. The number of likely N-dealkylation sites (tertiary alicyclic amines) is 1. The highest BCUT2D eigenvalue weighted by Crippen LogP contribution is 2.66. The van der Waals surface area contributed by atoms with E-state index in [0.717, 1.165) is 4.90 Å². The summed E-state index contributed by atoms with van der Waals surface area (Å²) in [6.45, 7) is -0.0543. The van der Waals surface area contributed by atoms with Gasteiger partial charge in [0.25, 0.3) is 11.8 Å². The molecule has 3 fully saturated rings. The molecule has 0 unspecified atom stereocenters. The molecule has 6 atom stereocenters. The average Bonchev–Trinajstić information content (AvgIpc) is 3.42. The molecule has 7 rings (SSSR count). The van der Waals surface area contributed by atoms with E-state index in [2.05, 4.69) is 0 Å². The summed E-state index contributed by atoms with van der Waals surface area (Å²) in [7, 11) is 1.24. The van der Waals surface area contributed by atoms with Crippen LogP contribution in [0.2, 0.25) is 0 Å². The molecule has 2 heterocycles. The van der Waals surface area contributed by atoms with Gasteiger partial charge in [-0.2, -0.15) is 0 Å². The summed E-state index contributed by atoms with van der Waals surface area (Å²) in [5.74, 6) is -21.5. The second kappa shape index (κ2) is 11.9. The van der Waals surface area contributed by atoms with Crippen LogP contribution in [0.1, 0.15) is 29.9 Å². The van der Waals surface area contributed by atoms with Crippen LogP contribution < -0.4 is 9.64 Å². The van der Waals surface area contributed by atoms with E-state index in [9.17, 15) is 37.5 Å². The van der Waals surface area contributed by atoms with Crippen LogP contribution in [0.15, 0.2) is 54.1 Å². The summed E-state index contributed by atoms with van der Waals surface area (Å²) in [6, 6.07) is 11.4. The Bertz CT molecular complexity index is 2060. The van der Waals surface area contributed by atoms with E-state index < -0.39 is 98.2 Å². The van der Waals surface area contributed by atoms with E-state index in [4.69, 9.17) is 27.9 Å². The van der Waals surface area contributed by atoms with Gasteiger partial charge >= 0.3 is 0 Å². The number of phenols is 1. The number of ether oxygens (including phenoxy) is 1. The maximum atomic E-state index is 15.2. The number of carbonyl (C=O) groups is 4. The number of nitrogens with zero attached hydrogens (tertiary/aromatic N) is 2. The fraction of sp³-hybridized carbons (Fsp3) is 0.294. The van der Waals surface area contributed by atoms with Crippen LogP contribution >= 0.6 is 45.8 Å². The van der Waals surface area contributed by atoms with Gasteiger partial charge in [-0.15, -0.1) is 23.2 Å². The topological polar surface area (TPSA) is 104 Å². The normalized spacial score (nSPS) is 28.9. The van der Waals surface area contributed by atoms with Crippen LogP contribution in [0.4, 0.5) is 27.6 Å². The number of anilines is 1. The van der Waals surface area contributed by atoms with E-state index in [-0.39, 0.29) is 44.1 Å². The zero-order valence-electron chi connectivity index (χ0n) is 25.5. The monoisotopic (exact) mass is 846 g/mol. The van der Waals surface area contributed by atoms with Gasteiger partial charge in [0.2, 0.25) is 17.6 Å². The molecule has 4 amide bonds. The molecule has 8 nitrogen and oxygen atoms in total. The van der Waals surface area contributed by atoms with Crippen molar-refractivity contribution in [3.8, 4) is 11.5 Å². The number of rotatable bonds is 5. The highest BCUT2D eigenvalue weighted by molar-refractivity contribution is 14.1. The first-order valence-electron chi connectivity index (χ1n) is 15.0. The highest BCUT2D eigenvalue weighted by Gasteiger charge is 2.77. The number of halogens is 8. The van der Waals surface area contributed by atoms with Gasteiger partial charge in [0.1, 0.15) is 5.69 Å². The van der Waals surface area contributed by atoms with Crippen LogP contribution in [-0.2, 0) is 25.7 Å². The number of fused-ring (bicyclic) bond motifs is 4. The first kappa shape index (κ1) is 34.7. The van der Waals surface area contributed by atoms with Crippen LogP contribution in [0.25, 0.3) is 0 Å². The molecule has 260 valence electrons. The Morgan fingerprint density at radius 1 is 0.900 bits per heavy atom. The van der Waals surface area contributed by atoms with Crippen LogP contribution in [0.5, 0.6) is 11.5 Å². The Hall–Kier alpha value is -3.76. The van der Waals surface area contributed by atoms with Crippen molar-refractivity contribution in [1.29, 1.82) is 0 Å². The number of phenolic OH excluding ortho intramolecular Hbond substituents is 1. The highest BCUT2D eigenvalue weighted by atomic mass is 127. The molecule has 2 aliphatic heterocycles. The first-order chi connectivity index (χ1) is 23.6. The second-order valence-corrected chi connectivity index (χ2v) is 14.9. The van der Waals surface area contributed by atoms with Gasteiger partial charge in [-0.25, -0.2) is 26.9 Å². The molecule has 2 aliphatic carbocycles. The Morgan fingerprint density at radius 2 is 1.52 bits per heavy atom. The van der Waals surface area contributed by atoms with Gasteiger partial charge < -0.3 is 9.84 Å². The minimum atomic E-state index is -2.69. The van der Waals surface area contributed by atoms with Crippen molar-refractivity contribution < 1.29 is 51.0 Å². The molecule has 3 aromatic rings. The maximum Gasteiger partial charge on any atom is 0.258 e. The number of carbonyl (C=O) groups excluding carboxylic acids is 4. The van der Waals surface area contributed by atoms with Gasteiger partial charge in [-0.3, -0.25) is 24.1 Å². The molecule has 4 aliphatic rings. The third kappa shape index (κ3) is 4.52. The standard InChI is InChI=1S/C34H22Cl2F5IN2O6/c1-50-19-10-14(9-18(42)28(19)45)21-15-7-8-16-20(30(47)43(29(16)46)12-13-5-3-2-4-6-13)17(15)11-33(35)31(48)44(32(49)34(21,33)36)27-25(40)23(38)22(37)24(39)26(27)41/h2-7,9-10,16-17,20-21,45H,8,11-12H2,1H3/t16-,17+,20-,21-,33+,34-/m0/s1. The number of allylic oxidation sites excluding steroid dienone is 2. The van der Waals surface area contributed by atoms with Crippen LogP contribution in [-0.4, -0.2) is 50.5 Å². The molecule has 1 N–H and O–H groups in total. The van der Waals surface area contributed by atoms with Crippen molar-refractivity contribution in [3.05, 3.63) is 97.9 Å². The quantitative estimate of drug-likeness (QED) is 0.0602. The molecular formula is C34H22Cl2F5IN2O6. The third-order valence-electron chi connectivity index (χ3n) is 10.1. The minimum absolute atomic E-state index is 0.000913. The number of imide groups is 2. The SMILES string of the molecule is COc1cc([C@H]2C3=CC[C@@H]4C(=O)N(Cc5ccccc5)C(=O)[C@@H]4[C@@H]3C[C@@]3(Cl)C(=O)N(c4c(F)c(F)c(F)c(F)c4F)C(=O)[C@@]23Cl)cc(I)c1O. The van der Waals surface area contributed by atoms with E-state index in [1.165, 1.54) is 19.2 Å². The minimum Gasteiger partial charge on any atom is -0.504 e. The molecule has 0 bridgehead atoms. The molecule has 2 saturated heterocycles. The number of amides is 4. The zero-order chi connectivity index (χ0) is 36.2. The number of benzene rings is 3. The average molecular weight is 847 g/mol. The molecule has 3 aromatic carbocycles. The molecule has 0 spiro atoms. The predicted octanol–water partition coefficient (Wildman–Crippen LogP) is 6.46. The molecule has 16 heteroatoms. The third-order valence-corrected chi connectivity index (χ3v) is 12.3. The summed E-state index contributed by atoms with van der Waals surface area (Å²) >= 11 is 16.1. The Balaban J connectivity index is 1.43. The molecule has 50 heavy (non-hydrogen) atoms. The van der Waals surface area contributed by atoms with Crippen molar-refractivity contribution >= 4 is 75.1 Å². The Kier molecular flexibility index (Phi) is 8.26. The summed E-state index contributed by atoms with van der Waals surface area (Å²) < 4.78 is 78.9. The van der Waals surface area contributed by atoms with E-state index in [1.807, 2.05) is 0 Å². The van der Waals surface area contributed by atoms with E-state index in [1.54, 1.807) is 59.0 Å². The number of hydrogen-bond acceptors (Lipinski definition) is 6. The van der Waals surface area contributed by atoms with E-state index >= 15 is 8.78 Å². The van der Waals surface area contributed by atoms with Gasteiger partial charge in [-0.1, -0.05) is 42.0 Å². The lowest BCUT2D eigenvalue weighted by molar-refractivity contribution is -0.141. The van der Waals surface area contributed by atoms with Crippen molar-refractivity contribution in [3.63, 3.8) is 0 Å². The lowest BCUT2D eigenvalue weighted by Crippen LogP contribution is -2.60. The molecule has 0 radical (unpaired) electrons. The Morgan fingerprint density at radius 3 is 2.14 bits per heavy atom. The smallest absolute Gasteiger partial charge is 0.258 e. The first-order valence-corrected chi connectivity index (χ1v) is 16.9. The molecule has 1 saturated carbocycles. The lowest BCUT2D eigenvalue weighted by Gasteiger charge is -2.50. The van der Waals surface area contributed by atoms with E-state index in [0.29, 0.717) is 5.56 Å². The number of aromatic hydroxyl groups is 1. The van der Waals surface area contributed by atoms with Crippen molar-refractivity contribution in [2.24, 2.45) is 17.8 Å². The second-order valence-electron chi connectivity index (χ2n) is 12.5. The molecular weight excluding hydrogens is 825 g/mol. The summed E-state index contributed by atoms with van der Waals surface area (Å²) in [5, 5.41) is 10.6. The van der Waals surface area contributed by atoms with Gasteiger partial charge in [0, 0.05) is 5.92 Å². The van der Waals surface area contributed by atoms with Gasteiger partial charge in [0.15, 0.2) is 44.5 Å². The summed E-state index contributed by atoms with van der Waals surface area (Å²) in [6.07, 6.45) is 0.975. The number of methoxy groups -OCH3 is 1. The summed E-state index contributed by atoms with van der Waals surface area (Å²) in [5.41, 5.74) is -0.809. The maximum absolute atomic E-state index is 15.2. The van der Waals surface area contributed by atoms with Crippen molar-refractivity contribution in [2.45, 2.75) is 35.1 Å². The summed E-state index contributed by atoms with van der Waals surface area (Å²) in [4.78, 5) is 52.1. The van der Waals surface area contributed by atoms with Crippen molar-refractivity contribution in [1.82, 2.24) is 4.90 Å². The van der Waals surface area contributed by atoms with Gasteiger partial charge in [-0.05, 0) is 64.6 Å². The zero-order valence-corrected chi connectivity index (χ0v) is 29.1. The van der Waals surface area contributed by atoms with Gasteiger partial charge in [0.05, 0.1) is 29.1 Å².